The van der Waals surface area contributed by atoms with Crippen LogP contribution in [0.2, 0.25) is 5.15 Å². The molecule has 6 nitrogen and oxygen atoms in total. The number of nitrogens with one attached hydrogen (secondary N) is 1. The first-order valence-corrected chi connectivity index (χ1v) is 7.21. The van der Waals surface area contributed by atoms with Crippen LogP contribution in [0.4, 0.5) is 5.82 Å². The molecular formula is C11H11ClN4O2S. The van der Waals surface area contributed by atoms with Gasteiger partial charge in [0.2, 0.25) is 10.0 Å². The number of nitrogens with two attached hydrogens (primary N) is 1. The fourth-order valence-electron chi connectivity index (χ4n) is 1.46. The van der Waals surface area contributed by atoms with E-state index < -0.39 is 10.0 Å². The minimum Gasteiger partial charge on any atom is -0.366 e. The molecule has 0 spiro atoms. The summed E-state index contributed by atoms with van der Waals surface area (Å²) >= 11 is 5.72. The standard InChI is InChI=1S/C11H11ClN4O2S/c12-10-5-11(16-7-15-10)14-6-8-2-1-3-9(4-8)19(13,17)18/h1-5,7H,6H2,(H2,13,17,18)(H,14,15,16). The van der Waals surface area contributed by atoms with Gasteiger partial charge in [-0.1, -0.05) is 23.7 Å². The van der Waals surface area contributed by atoms with Crippen LogP contribution in [0.15, 0.2) is 41.6 Å². The van der Waals surface area contributed by atoms with Crippen molar-refractivity contribution in [2.24, 2.45) is 5.14 Å². The van der Waals surface area contributed by atoms with Crippen LogP contribution in [0.25, 0.3) is 0 Å². The van der Waals surface area contributed by atoms with Crippen LogP contribution in [0, 0.1) is 0 Å². The van der Waals surface area contributed by atoms with Crippen LogP contribution < -0.4 is 10.5 Å². The number of benzene rings is 1. The number of sulfonamides is 1. The van der Waals surface area contributed by atoms with Gasteiger partial charge in [-0.2, -0.15) is 0 Å². The molecular weight excluding hydrogens is 288 g/mol. The maximum absolute atomic E-state index is 11.2. The van der Waals surface area contributed by atoms with Gasteiger partial charge in [-0.05, 0) is 17.7 Å². The molecule has 19 heavy (non-hydrogen) atoms. The zero-order chi connectivity index (χ0) is 13.9. The van der Waals surface area contributed by atoms with Crippen LogP contribution in [0.3, 0.4) is 0 Å². The first-order chi connectivity index (χ1) is 8.95. The second-order valence-corrected chi connectivity index (χ2v) is 5.72. The lowest BCUT2D eigenvalue weighted by molar-refractivity contribution is 0.597. The van der Waals surface area contributed by atoms with Crippen molar-refractivity contribution >= 4 is 27.4 Å². The molecule has 1 heterocycles. The van der Waals surface area contributed by atoms with E-state index >= 15 is 0 Å². The summed E-state index contributed by atoms with van der Waals surface area (Å²) in [5.74, 6) is 0.556. The zero-order valence-electron chi connectivity index (χ0n) is 9.75. The summed E-state index contributed by atoms with van der Waals surface area (Å²) in [6.45, 7) is 0.400. The van der Waals surface area contributed by atoms with Gasteiger partial charge >= 0.3 is 0 Å². The van der Waals surface area contributed by atoms with Crippen molar-refractivity contribution in [3.8, 4) is 0 Å². The van der Waals surface area contributed by atoms with E-state index in [1.54, 1.807) is 18.2 Å². The van der Waals surface area contributed by atoms with Crippen molar-refractivity contribution in [3.63, 3.8) is 0 Å². The van der Waals surface area contributed by atoms with Crippen LogP contribution in [0.5, 0.6) is 0 Å². The van der Waals surface area contributed by atoms with Gasteiger partial charge in [0.25, 0.3) is 0 Å². The molecule has 8 heteroatoms. The predicted molar refractivity (Wildman–Crippen MR) is 72.2 cm³/mol. The number of rotatable bonds is 4. The van der Waals surface area contributed by atoms with Gasteiger partial charge < -0.3 is 5.32 Å². The molecule has 0 saturated carbocycles. The molecule has 0 aliphatic rings. The summed E-state index contributed by atoms with van der Waals surface area (Å²) in [7, 11) is -3.69. The Morgan fingerprint density at radius 2 is 2.05 bits per heavy atom. The van der Waals surface area contributed by atoms with Crippen LogP contribution in [-0.2, 0) is 16.6 Å². The molecule has 0 atom stereocenters. The summed E-state index contributed by atoms with van der Waals surface area (Å²) in [4.78, 5) is 7.81. The Hall–Kier alpha value is -1.70. The first kappa shape index (κ1) is 13.7. The number of halogens is 1. The van der Waals surface area contributed by atoms with Crippen molar-refractivity contribution in [3.05, 3.63) is 47.4 Å². The highest BCUT2D eigenvalue weighted by atomic mass is 35.5. The van der Waals surface area contributed by atoms with Crippen molar-refractivity contribution in [2.75, 3.05) is 5.32 Å². The van der Waals surface area contributed by atoms with Crippen LogP contribution in [0.1, 0.15) is 5.56 Å². The SMILES string of the molecule is NS(=O)(=O)c1cccc(CNc2cc(Cl)ncn2)c1. The van der Waals surface area contributed by atoms with Gasteiger partial charge in [0.15, 0.2) is 0 Å². The summed E-state index contributed by atoms with van der Waals surface area (Å²) in [6, 6.07) is 7.94. The lowest BCUT2D eigenvalue weighted by atomic mass is 10.2. The molecule has 1 aromatic heterocycles. The Labute approximate surface area is 115 Å². The zero-order valence-corrected chi connectivity index (χ0v) is 11.3. The van der Waals surface area contributed by atoms with Crippen molar-refractivity contribution in [1.82, 2.24) is 9.97 Å². The second kappa shape index (κ2) is 5.52. The quantitative estimate of drug-likeness (QED) is 0.831. The van der Waals surface area contributed by atoms with Gasteiger partial charge in [0.05, 0.1) is 4.90 Å². The minimum absolute atomic E-state index is 0.0764. The summed E-state index contributed by atoms with van der Waals surface area (Å²) < 4.78 is 22.4. The first-order valence-electron chi connectivity index (χ1n) is 5.28. The van der Waals surface area contributed by atoms with Gasteiger partial charge in [-0.15, -0.1) is 0 Å². The lowest BCUT2D eigenvalue weighted by Gasteiger charge is -2.06. The highest BCUT2D eigenvalue weighted by molar-refractivity contribution is 7.89. The molecule has 100 valence electrons. The molecule has 3 N–H and O–H groups in total. The monoisotopic (exact) mass is 298 g/mol. The van der Waals surface area contributed by atoms with Crippen LogP contribution in [-0.4, -0.2) is 18.4 Å². The van der Waals surface area contributed by atoms with E-state index in [4.69, 9.17) is 16.7 Å². The second-order valence-electron chi connectivity index (χ2n) is 3.77. The van der Waals surface area contributed by atoms with E-state index in [2.05, 4.69) is 15.3 Å². The van der Waals surface area contributed by atoms with E-state index in [-0.39, 0.29) is 4.90 Å². The molecule has 0 aliphatic carbocycles. The largest absolute Gasteiger partial charge is 0.366 e. The van der Waals surface area contributed by atoms with Crippen molar-refractivity contribution in [2.45, 2.75) is 11.4 Å². The smallest absolute Gasteiger partial charge is 0.238 e. The molecule has 0 saturated heterocycles. The maximum Gasteiger partial charge on any atom is 0.238 e. The molecule has 0 fully saturated rings. The van der Waals surface area contributed by atoms with Gasteiger partial charge in [0, 0.05) is 12.6 Å². The van der Waals surface area contributed by atoms with Gasteiger partial charge in [-0.3, -0.25) is 0 Å². The molecule has 0 radical (unpaired) electrons. The lowest BCUT2D eigenvalue weighted by Crippen LogP contribution is -2.12. The third-order valence-electron chi connectivity index (χ3n) is 2.33. The minimum atomic E-state index is -3.69. The molecule has 2 aromatic rings. The number of primary sulfonamides is 1. The molecule has 0 aliphatic heterocycles. The maximum atomic E-state index is 11.2. The van der Waals surface area contributed by atoms with Crippen molar-refractivity contribution < 1.29 is 8.42 Å². The normalized spacial score (nSPS) is 11.3. The highest BCUT2D eigenvalue weighted by Crippen LogP contribution is 2.13. The highest BCUT2D eigenvalue weighted by Gasteiger charge is 2.07. The number of aromatic nitrogens is 2. The fraction of sp³-hybridized carbons (Fsp3) is 0.0909. The third kappa shape index (κ3) is 3.88. The summed E-state index contributed by atoms with van der Waals surface area (Å²) in [5.41, 5.74) is 0.765. The van der Waals surface area contributed by atoms with E-state index in [1.807, 2.05) is 0 Å². The Kier molecular flexibility index (Phi) is 3.98. The van der Waals surface area contributed by atoms with Gasteiger partial charge in [0.1, 0.15) is 17.3 Å². The summed E-state index contributed by atoms with van der Waals surface area (Å²) in [5, 5.41) is 8.41. The third-order valence-corrected chi connectivity index (χ3v) is 3.45. The van der Waals surface area contributed by atoms with E-state index in [9.17, 15) is 8.42 Å². The van der Waals surface area contributed by atoms with E-state index in [0.717, 1.165) is 5.56 Å². The number of anilines is 1. The van der Waals surface area contributed by atoms with E-state index in [1.165, 1.54) is 18.5 Å². The molecule has 0 amide bonds. The Morgan fingerprint density at radius 1 is 1.26 bits per heavy atom. The molecule has 2 rings (SSSR count). The number of nitrogens with zero attached hydrogens (tertiary/aromatic N) is 2. The van der Waals surface area contributed by atoms with E-state index in [0.29, 0.717) is 17.5 Å². The Bertz CT molecular complexity index is 691. The number of hydrogen-bond donors (Lipinski definition) is 2. The molecule has 0 bridgehead atoms. The Morgan fingerprint density at radius 3 is 2.74 bits per heavy atom. The average molecular weight is 299 g/mol. The van der Waals surface area contributed by atoms with Crippen LogP contribution >= 0.6 is 11.6 Å². The Balaban J connectivity index is 2.12. The topological polar surface area (TPSA) is 98.0 Å². The summed E-state index contributed by atoms with van der Waals surface area (Å²) in [6.07, 6.45) is 1.34. The van der Waals surface area contributed by atoms with Crippen molar-refractivity contribution in [1.29, 1.82) is 0 Å². The molecule has 0 unspecified atom stereocenters. The fourth-order valence-corrected chi connectivity index (χ4v) is 2.19. The van der Waals surface area contributed by atoms with Gasteiger partial charge in [-0.25, -0.2) is 23.5 Å². The predicted octanol–water partition coefficient (Wildman–Crippen LogP) is 1.39. The number of hydrogen-bond acceptors (Lipinski definition) is 5. The average Bonchev–Trinajstić information content (AvgIpc) is 2.36. The molecule has 1 aromatic carbocycles.